The zero-order valence-electron chi connectivity index (χ0n) is 16.5. The summed E-state index contributed by atoms with van der Waals surface area (Å²) < 4.78 is 75.1. The Morgan fingerprint density at radius 2 is 1.97 bits per heavy atom. The van der Waals surface area contributed by atoms with Gasteiger partial charge >= 0.3 is 6.18 Å². The highest BCUT2D eigenvalue weighted by molar-refractivity contribution is 6.31. The minimum atomic E-state index is -4.73. The second-order valence-corrected chi connectivity index (χ2v) is 7.46. The fourth-order valence-electron chi connectivity index (χ4n) is 3.42. The van der Waals surface area contributed by atoms with Gasteiger partial charge in [-0.1, -0.05) is 17.7 Å². The molecule has 0 radical (unpaired) electrons. The molecule has 2 atom stereocenters. The van der Waals surface area contributed by atoms with Gasteiger partial charge in [-0.15, -0.1) is 0 Å². The summed E-state index contributed by atoms with van der Waals surface area (Å²) >= 11 is 5.65. The number of rotatable bonds is 3. The van der Waals surface area contributed by atoms with E-state index in [4.69, 9.17) is 13.0 Å². The van der Waals surface area contributed by atoms with Gasteiger partial charge in [0.15, 0.2) is 12.3 Å². The fourth-order valence-corrected chi connectivity index (χ4v) is 3.64. The number of hydrogen-bond donors (Lipinski definition) is 1. The first-order valence-corrected chi connectivity index (χ1v) is 9.36. The molecular formula is C19H14ClF5N4O2. The molecule has 6 nitrogen and oxygen atoms in total. The number of alkyl halides is 5. The molecule has 2 aromatic heterocycles. The highest BCUT2D eigenvalue weighted by Gasteiger charge is 2.36. The number of fused-ring (bicyclic) bond motifs is 1. The number of nitrogens with zero attached hydrogens (tertiary/aromatic N) is 3. The molecule has 31 heavy (non-hydrogen) atoms. The van der Waals surface area contributed by atoms with Crippen LogP contribution in [0.2, 0.25) is 5.02 Å². The lowest BCUT2D eigenvalue weighted by atomic mass is 10.0. The molecule has 1 aliphatic heterocycles. The number of aromatic nitrogens is 3. The van der Waals surface area contributed by atoms with Crippen LogP contribution in [0.25, 0.3) is 22.2 Å². The average Bonchev–Trinajstić information content (AvgIpc) is 3.28. The van der Waals surface area contributed by atoms with Gasteiger partial charge < -0.3 is 9.88 Å². The maximum Gasteiger partial charge on any atom is 0.417 e. The Morgan fingerprint density at radius 1 is 1.29 bits per heavy atom. The zero-order valence-corrected chi connectivity index (χ0v) is 16.3. The van der Waals surface area contributed by atoms with E-state index in [1.165, 1.54) is 12.3 Å². The van der Waals surface area contributed by atoms with Crippen LogP contribution in [0.1, 0.15) is 6.93 Å². The van der Waals surface area contributed by atoms with Crippen molar-refractivity contribution >= 4 is 28.5 Å². The summed E-state index contributed by atoms with van der Waals surface area (Å²) in [5, 5.41) is -0.656. The van der Waals surface area contributed by atoms with Crippen molar-refractivity contribution in [3.63, 3.8) is 0 Å². The van der Waals surface area contributed by atoms with Crippen molar-refractivity contribution in [2.75, 3.05) is 13.1 Å². The zero-order chi connectivity index (χ0) is 23.4. The number of H-pyrrole nitrogens is 1. The van der Waals surface area contributed by atoms with E-state index >= 15 is 0 Å². The highest BCUT2D eigenvalue weighted by atomic mass is 35.5. The third kappa shape index (κ3) is 3.89. The Kier molecular flexibility index (Phi) is 4.92. The Balaban J connectivity index is 1.77. The van der Waals surface area contributed by atoms with Gasteiger partial charge in [0.2, 0.25) is 5.91 Å². The highest BCUT2D eigenvalue weighted by Crippen LogP contribution is 2.38. The predicted molar refractivity (Wildman–Crippen MR) is 102 cm³/mol. The lowest BCUT2D eigenvalue weighted by Crippen LogP contribution is -2.35. The molecule has 0 aliphatic carbocycles. The van der Waals surface area contributed by atoms with Crippen molar-refractivity contribution in [3.05, 3.63) is 51.6 Å². The van der Waals surface area contributed by atoms with Crippen LogP contribution < -0.4 is 5.56 Å². The maximum atomic E-state index is 13.4. The molecule has 0 saturated carbocycles. The summed E-state index contributed by atoms with van der Waals surface area (Å²) in [6.45, 7) is -1.64. The fraction of sp³-hybridized carbons (Fsp3) is 0.316. The lowest BCUT2D eigenvalue weighted by Gasteiger charge is -2.15. The summed E-state index contributed by atoms with van der Waals surface area (Å²) in [7, 11) is 0. The van der Waals surface area contributed by atoms with Gasteiger partial charge in [0.25, 0.3) is 5.56 Å². The average molecular weight is 462 g/mol. The first-order chi connectivity index (χ1) is 15.0. The quantitative estimate of drug-likeness (QED) is 0.606. The van der Waals surface area contributed by atoms with Crippen LogP contribution in [-0.2, 0) is 17.5 Å². The molecular weight excluding hydrogens is 447 g/mol. The first-order valence-electron chi connectivity index (χ1n) is 9.49. The molecule has 1 N–H and O–H groups in total. The minimum absolute atomic E-state index is 0.0163. The number of hydrogen-bond acceptors (Lipinski definition) is 3. The van der Waals surface area contributed by atoms with Gasteiger partial charge in [-0.2, -0.15) is 13.2 Å². The second kappa shape index (κ2) is 7.63. The molecule has 12 heteroatoms. The van der Waals surface area contributed by atoms with E-state index in [1.54, 1.807) is 0 Å². The van der Waals surface area contributed by atoms with Crippen molar-refractivity contribution in [1.29, 1.82) is 0 Å². The number of halogens is 6. The monoisotopic (exact) mass is 461 g/mol. The van der Waals surface area contributed by atoms with Crippen LogP contribution in [0.4, 0.5) is 22.0 Å². The van der Waals surface area contributed by atoms with Crippen LogP contribution in [0, 0.1) is 0 Å². The standard InChI is InChI=1S/C19H14ClF5N4O2/c20-12-2-1-9(3-11(12)19(23,24)25)10-4-26-17-16(10)18(31)29(8-27-17)7-15(30)28-5-13(21)14(22)6-28/h1-4,8,13-14,26H,5-7H2/t13-,14+/i8D. The number of amides is 1. The number of carbonyl (C=O) groups excluding carboxylic acids is 1. The number of carbonyl (C=O) groups is 1. The predicted octanol–water partition coefficient (Wildman–Crippen LogP) is 3.58. The van der Waals surface area contributed by atoms with E-state index in [9.17, 15) is 31.5 Å². The van der Waals surface area contributed by atoms with Crippen molar-refractivity contribution in [2.24, 2.45) is 0 Å². The van der Waals surface area contributed by atoms with E-state index < -0.39 is 66.5 Å². The number of aromatic amines is 1. The third-order valence-electron chi connectivity index (χ3n) is 5.01. The molecule has 1 aliphatic rings. The molecule has 164 valence electrons. The molecule has 3 aromatic rings. The van der Waals surface area contributed by atoms with Gasteiger partial charge in [0.05, 0.1) is 29.1 Å². The molecule has 4 rings (SSSR count). The Bertz CT molecular complexity index is 1270. The largest absolute Gasteiger partial charge is 0.417 e. The molecule has 0 bridgehead atoms. The van der Waals surface area contributed by atoms with Crippen LogP contribution >= 0.6 is 11.6 Å². The molecule has 3 heterocycles. The van der Waals surface area contributed by atoms with Crippen LogP contribution in [-0.4, -0.2) is 50.8 Å². The van der Waals surface area contributed by atoms with E-state index in [-0.39, 0.29) is 22.2 Å². The first kappa shape index (κ1) is 20.0. The van der Waals surface area contributed by atoms with Crippen molar-refractivity contribution in [3.8, 4) is 11.1 Å². The van der Waals surface area contributed by atoms with Gasteiger partial charge in [-0.25, -0.2) is 13.8 Å². The van der Waals surface area contributed by atoms with E-state index in [0.29, 0.717) is 4.57 Å². The van der Waals surface area contributed by atoms with Gasteiger partial charge in [0, 0.05) is 11.8 Å². The van der Waals surface area contributed by atoms with Gasteiger partial charge in [-0.3, -0.25) is 14.2 Å². The van der Waals surface area contributed by atoms with Crippen LogP contribution in [0.5, 0.6) is 0 Å². The number of nitrogens with one attached hydrogen (secondary N) is 1. The van der Waals surface area contributed by atoms with Crippen LogP contribution in [0.3, 0.4) is 0 Å². The summed E-state index contributed by atoms with van der Waals surface area (Å²) in [6, 6.07) is 3.11. The Labute approximate surface area is 177 Å². The summed E-state index contributed by atoms with van der Waals surface area (Å²) in [5.74, 6) is -0.785. The SMILES string of the molecule is [2H]c1nc2[nH]cc(-c3ccc(Cl)c(C(F)(F)F)c3)c2c(=O)n1CC(=O)N1C[C@@H](F)[C@@H](F)C1. The molecule has 1 saturated heterocycles. The van der Waals surface area contributed by atoms with E-state index in [0.717, 1.165) is 17.0 Å². The number of benzene rings is 1. The third-order valence-corrected chi connectivity index (χ3v) is 5.34. The topological polar surface area (TPSA) is 71.0 Å². The van der Waals surface area contributed by atoms with Crippen molar-refractivity contribution < 1.29 is 28.1 Å². The molecule has 1 aromatic carbocycles. The smallest absolute Gasteiger partial charge is 0.345 e. The van der Waals surface area contributed by atoms with Crippen LogP contribution in [0.15, 0.2) is 35.5 Å². The summed E-state index contributed by atoms with van der Waals surface area (Å²) in [4.78, 5) is 32.9. The second-order valence-electron chi connectivity index (χ2n) is 7.05. The number of likely N-dealkylation sites (tertiary alicyclic amines) is 1. The molecule has 0 spiro atoms. The lowest BCUT2D eigenvalue weighted by molar-refractivity contribution is -0.137. The van der Waals surface area contributed by atoms with E-state index in [1.807, 2.05) is 0 Å². The maximum absolute atomic E-state index is 13.4. The van der Waals surface area contributed by atoms with Gasteiger partial charge in [-0.05, 0) is 17.7 Å². The summed E-state index contributed by atoms with van der Waals surface area (Å²) in [6.07, 6.45) is -7.73. The van der Waals surface area contributed by atoms with Crippen molar-refractivity contribution in [1.82, 2.24) is 19.4 Å². The Morgan fingerprint density at radius 3 is 2.61 bits per heavy atom. The van der Waals surface area contributed by atoms with E-state index in [2.05, 4.69) is 9.97 Å². The molecule has 0 unspecified atom stereocenters. The normalized spacial score (nSPS) is 19.8. The van der Waals surface area contributed by atoms with Crippen molar-refractivity contribution in [2.45, 2.75) is 25.1 Å². The Hall–Kier alpha value is -2.95. The summed E-state index contributed by atoms with van der Waals surface area (Å²) in [5.41, 5.74) is -1.93. The van der Waals surface area contributed by atoms with Gasteiger partial charge in [0.1, 0.15) is 19.9 Å². The molecule has 1 amide bonds. The molecule has 1 fully saturated rings. The minimum Gasteiger partial charge on any atom is -0.345 e.